The lowest BCUT2D eigenvalue weighted by molar-refractivity contribution is -0.121. The molecule has 0 radical (unpaired) electrons. The number of amides is 1. The zero-order valence-electron chi connectivity index (χ0n) is 13.7. The second-order valence-corrected chi connectivity index (χ2v) is 10.9. The Morgan fingerprint density at radius 1 is 1.38 bits per heavy atom. The van der Waals surface area contributed by atoms with Crippen LogP contribution >= 0.6 is 44.3 Å². The molecule has 0 saturated carbocycles. The first kappa shape index (κ1) is 18.3. The van der Waals surface area contributed by atoms with Crippen molar-refractivity contribution < 1.29 is 4.79 Å². The maximum atomic E-state index is 12.0. The van der Waals surface area contributed by atoms with Gasteiger partial charge in [0.15, 0.2) is 0 Å². The van der Waals surface area contributed by atoms with E-state index in [2.05, 4.69) is 27.8 Å². The van der Waals surface area contributed by atoms with Crippen molar-refractivity contribution in [3.05, 3.63) is 27.4 Å². The first-order valence-electron chi connectivity index (χ1n) is 8.27. The van der Waals surface area contributed by atoms with Gasteiger partial charge in [-0.15, -0.1) is 22.7 Å². The number of carbonyl (C=O) groups is 1. The fraction of sp³-hybridized carbons (Fsp3) is 0.529. The number of rotatable bonds is 8. The second kappa shape index (κ2) is 9.27. The maximum Gasteiger partial charge on any atom is 0.220 e. The Labute approximate surface area is 159 Å². The molecule has 3 nitrogen and oxygen atoms in total. The number of hydrogen-bond acceptors (Lipinski definition) is 6. The highest BCUT2D eigenvalue weighted by Crippen LogP contribution is 2.39. The number of unbranched alkanes of at least 4 members (excludes halogenated alkanes) is 1. The van der Waals surface area contributed by atoms with Crippen LogP contribution in [0.3, 0.4) is 0 Å². The van der Waals surface area contributed by atoms with E-state index in [1.54, 1.807) is 22.7 Å². The molecule has 1 saturated heterocycles. The summed E-state index contributed by atoms with van der Waals surface area (Å²) >= 11 is 3.38. The van der Waals surface area contributed by atoms with Gasteiger partial charge in [-0.1, -0.05) is 28.0 Å². The fourth-order valence-corrected chi connectivity index (χ4v) is 7.21. The first-order valence-corrected chi connectivity index (χ1v) is 12.3. The summed E-state index contributed by atoms with van der Waals surface area (Å²) in [6.45, 7) is 2.65. The van der Waals surface area contributed by atoms with Crippen LogP contribution in [0.1, 0.15) is 42.0 Å². The van der Waals surface area contributed by atoms with Crippen LogP contribution in [0, 0.1) is 6.92 Å². The van der Waals surface area contributed by atoms with E-state index in [-0.39, 0.29) is 5.91 Å². The number of aryl methyl sites for hydroxylation is 1. The lowest BCUT2D eigenvalue weighted by Crippen LogP contribution is -2.21. The third kappa shape index (κ3) is 5.51. The number of thiazole rings is 1. The molecule has 24 heavy (non-hydrogen) atoms. The van der Waals surface area contributed by atoms with Crippen LogP contribution in [-0.2, 0) is 11.3 Å². The molecule has 3 rings (SSSR count). The van der Waals surface area contributed by atoms with Gasteiger partial charge in [0.2, 0.25) is 5.91 Å². The Kier molecular flexibility index (Phi) is 7.06. The third-order valence-corrected chi connectivity index (χ3v) is 8.79. The smallest absolute Gasteiger partial charge is 0.220 e. The molecule has 0 unspecified atom stereocenters. The number of thiophene rings is 1. The molecular formula is C17H22N2OS4. The van der Waals surface area contributed by atoms with Gasteiger partial charge < -0.3 is 5.32 Å². The molecule has 130 valence electrons. The Bertz CT molecular complexity index is 661. The molecule has 2 aromatic rings. The molecule has 1 aliphatic heterocycles. The van der Waals surface area contributed by atoms with Crippen molar-refractivity contribution >= 4 is 50.2 Å². The minimum atomic E-state index is 0.169. The van der Waals surface area contributed by atoms with E-state index < -0.39 is 0 Å². The van der Waals surface area contributed by atoms with Gasteiger partial charge in [0.05, 0.1) is 22.1 Å². The highest BCUT2D eigenvalue weighted by Gasteiger charge is 2.15. The van der Waals surface area contributed by atoms with Crippen molar-refractivity contribution in [3.63, 3.8) is 0 Å². The average Bonchev–Trinajstić information content (AvgIpc) is 3.31. The molecule has 3 heterocycles. The van der Waals surface area contributed by atoms with E-state index >= 15 is 0 Å². The highest BCUT2D eigenvalue weighted by atomic mass is 33.1. The number of nitrogens with zero attached hydrogens (tertiary/aromatic N) is 1. The van der Waals surface area contributed by atoms with Crippen LogP contribution in [0.5, 0.6) is 0 Å². The minimum absolute atomic E-state index is 0.169. The van der Waals surface area contributed by atoms with Crippen LogP contribution in [0.25, 0.3) is 10.6 Å². The Morgan fingerprint density at radius 3 is 3.04 bits per heavy atom. The number of nitrogens with one attached hydrogen (secondary N) is 1. The van der Waals surface area contributed by atoms with Crippen molar-refractivity contribution in [2.75, 3.05) is 5.75 Å². The average molecular weight is 399 g/mol. The Balaban J connectivity index is 1.34. The predicted octanol–water partition coefficient (Wildman–Crippen LogP) is 5.51. The molecule has 1 amide bonds. The summed E-state index contributed by atoms with van der Waals surface area (Å²) in [7, 11) is 4.01. The second-order valence-electron chi connectivity index (χ2n) is 5.87. The van der Waals surface area contributed by atoms with Crippen LogP contribution < -0.4 is 5.32 Å². The van der Waals surface area contributed by atoms with Gasteiger partial charge in [-0.25, -0.2) is 4.98 Å². The molecule has 1 fully saturated rings. The van der Waals surface area contributed by atoms with E-state index in [1.807, 2.05) is 28.5 Å². The van der Waals surface area contributed by atoms with Gasteiger partial charge in [0, 0.05) is 27.7 Å². The fourth-order valence-electron chi connectivity index (χ4n) is 2.58. The van der Waals surface area contributed by atoms with Crippen molar-refractivity contribution in [1.82, 2.24) is 10.3 Å². The molecule has 7 heteroatoms. The zero-order chi connectivity index (χ0) is 16.8. The number of carbonyl (C=O) groups excluding carboxylic acids is 1. The summed E-state index contributed by atoms with van der Waals surface area (Å²) < 4.78 is 0. The summed E-state index contributed by atoms with van der Waals surface area (Å²) in [6, 6.07) is 4.18. The summed E-state index contributed by atoms with van der Waals surface area (Å²) in [5, 5.41) is 7.03. The van der Waals surface area contributed by atoms with Gasteiger partial charge >= 0.3 is 0 Å². The normalized spacial score (nSPS) is 17.3. The number of aromatic nitrogens is 1. The quantitative estimate of drug-likeness (QED) is 0.470. The van der Waals surface area contributed by atoms with E-state index in [4.69, 9.17) is 0 Å². The molecule has 0 spiro atoms. The molecule has 1 atom stereocenters. The molecule has 0 aliphatic carbocycles. The van der Waals surface area contributed by atoms with Gasteiger partial charge in [0.25, 0.3) is 0 Å². The standard InChI is InChI=1S/C17H22N2OS4/c1-12-19-15(11-21-12)16-7-6-14(23-16)10-18-17(20)5-3-2-4-13-8-9-22-24-13/h6-7,11,13H,2-5,8-10H2,1H3,(H,18,20)/t13-/m1/s1. The monoisotopic (exact) mass is 398 g/mol. The van der Waals surface area contributed by atoms with Crippen molar-refractivity contribution in [3.8, 4) is 10.6 Å². The summed E-state index contributed by atoms with van der Waals surface area (Å²) in [5.41, 5.74) is 1.04. The number of hydrogen-bond donors (Lipinski definition) is 1. The zero-order valence-corrected chi connectivity index (χ0v) is 17.0. The van der Waals surface area contributed by atoms with Crippen LogP contribution in [0.15, 0.2) is 17.5 Å². The van der Waals surface area contributed by atoms with Crippen LogP contribution in [0.4, 0.5) is 0 Å². The molecule has 2 aromatic heterocycles. The van der Waals surface area contributed by atoms with E-state index in [9.17, 15) is 4.79 Å². The van der Waals surface area contributed by atoms with Crippen LogP contribution in [0.2, 0.25) is 0 Å². The van der Waals surface area contributed by atoms with E-state index in [0.717, 1.165) is 28.8 Å². The minimum Gasteiger partial charge on any atom is -0.351 e. The molecule has 1 N–H and O–H groups in total. The Hall–Kier alpha value is -0.500. The summed E-state index contributed by atoms with van der Waals surface area (Å²) in [4.78, 5) is 18.8. The largest absolute Gasteiger partial charge is 0.351 e. The predicted molar refractivity (Wildman–Crippen MR) is 109 cm³/mol. The van der Waals surface area contributed by atoms with Crippen molar-refractivity contribution in [1.29, 1.82) is 0 Å². The van der Waals surface area contributed by atoms with Gasteiger partial charge in [-0.3, -0.25) is 4.79 Å². The molecule has 0 aromatic carbocycles. The summed E-state index contributed by atoms with van der Waals surface area (Å²) in [5.74, 6) is 1.46. The lowest BCUT2D eigenvalue weighted by Gasteiger charge is -2.07. The SMILES string of the molecule is Cc1nc(-c2ccc(CNC(=O)CCCC[C@@H]3CCSS3)s2)cs1. The Morgan fingerprint density at radius 2 is 2.29 bits per heavy atom. The summed E-state index contributed by atoms with van der Waals surface area (Å²) in [6.07, 6.45) is 5.40. The first-order chi connectivity index (χ1) is 11.7. The van der Waals surface area contributed by atoms with Crippen molar-refractivity contribution in [2.24, 2.45) is 0 Å². The van der Waals surface area contributed by atoms with Gasteiger partial charge in [-0.05, 0) is 38.3 Å². The highest BCUT2D eigenvalue weighted by molar-refractivity contribution is 8.77. The van der Waals surface area contributed by atoms with Gasteiger partial charge in [0.1, 0.15) is 0 Å². The molecule has 1 aliphatic rings. The van der Waals surface area contributed by atoms with Gasteiger partial charge in [-0.2, -0.15) is 0 Å². The third-order valence-electron chi connectivity index (χ3n) is 3.90. The van der Waals surface area contributed by atoms with E-state index in [1.165, 1.54) is 28.3 Å². The maximum absolute atomic E-state index is 12.0. The topological polar surface area (TPSA) is 42.0 Å². The molecule has 0 bridgehead atoms. The van der Waals surface area contributed by atoms with Crippen LogP contribution in [-0.4, -0.2) is 21.9 Å². The lowest BCUT2D eigenvalue weighted by atomic mass is 10.1. The van der Waals surface area contributed by atoms with E-state index in [0.29, 0.717) is 13.0 Å². The van der Waals surface area contributed by atoms with Crippen molar-refractivity contribution in [2.45, 2.75) is 50.8 Å². The molecular weight excluding hydrogens is 376 g/mol.